The van der Waals surface area contributed by atoms with E-state index in [9.17, 15) is 13.6 Å². The van der Waals surface area contributed by atoms with Crippen molar-refractivity contribution in [2.45, 2.75) is 26.3 Å². The van der Waals surface area contributed by atoms with Gasteiger partial charge in [-0.1, -0.05) is 6.92 Å². The predicted molar refractivity (Wildman–Crippen MR) is 49.3 cm³/mol. The van der Waals surface area contributed by atoms with E-state index in [1.165, 1.54) is 4.90 Å². The van der Waals surface area contributed by atoms with Crippen LogP contribution in [0.5, 0.6) is 0 Å². The zero-order valence-electron chi connectivity index (χ0n) is 8.54. The first kappa shape index (κ1) is 11.4. The van der Waals surface area contributed by atoms with Gasteiger partial charge in [0.2, 0.25) is 0 Å². The Hall–Kier alpha value is -0.710. The van der Waals surface area contributed by atoms with E-state index in [1.54, 1.807) is 0 Å². The fraction of sp³-hybridized carbons (Fsp3) is 0.889. The van der Waals surface area contributed by atoms with Gasteiger partial charge in [0.25, 0.3) is 5.91 Å². The molecule has 0 aromatic heterocycles. The molecule has 1 aliphatic rings. The van der Waals surface area contributed by atoms with E-state index in [1.807, 2.05) is 13.8 Å². The smallest absolute Gasteiger partial charge is 0.315 e. The SMILES string of the molecule is CCN1CCN(C(=O)C(F)F)CC1C. The van der Waals surface area contributed by atoms with E-state index < -0.39 is 12.3 Å². The molecule has 0 spiro atoms. The molecule has 5 heteroatoms. The molecule has 0 N–H and O–H groups in total. The van der Waals surface area contributed by atoms with Crippen molar-refractivity contribution in [3.05, 3.63) is 0 Å². The Balaban J connectivity index is 2.50. The lowest BCUT2D eigenvalue weighted by Crippen LogP contribution is -2.54. The average Bonchev–Trinajstić information content (AvgIpc) is 2.16. The summed E-state index contributed by atoms with van der Waals surface area (Å²) in [4.78, 5) is 14.4. The van der Waals surface area contributed by atoms with Gasteiger partial charge in [-0.2, -0.15) is 8.78 Å². The van der Waals surface area contributed by atoms with E-state index in [0.29, 0.717) is 19.6 Å². The van der Waals surface area contributed by atoms with Crippen LogP contribution in [-0.4, -0.2) is 54.4 Å². The molecule has 3 nitrogen and oxygen atoms in total. The Bertz CT molecular complexity index is 211. The van der Waals surface area contributed by atoms with Crippen LogP contribution in [0.2, 0.25) is 0 Å². The summed E-state index contributed by atoms with van der Waals surface area (Å²) in [5.74, 6) is -1.03. The number of carbonyl (C=O) groups excluding carboxylic acids is 1. The molecule has 1 unspecified atom stereocenters. The van der Waals surface area contributed by atoms with Crippen LogP contribution >= 0.6 is 0 Å². The monoisotopic (exact) mass is 206 g/mol. The number of nitrogens with zero attached hydrogens (tertiary/aromatic N) is 2. The number of hydrogen-bond acceptors (Lipinski definition) is 2. The lowest BCUT2D eigenvalue weighted by atomic mass is 10.2. The highest BCUT2D eigenvalue weighted by Gasteiger charge is 2.29. The summed E-state index contributed by atoms with van der Waals surface area (Å²) in [5, 5.41) is 0. The van der Waals surface area contributed by atoms with Crippen molar-refractivity contribution < 1.29 is 13.6 Å². The summed E-state index contributed by atoms with van der Waals surface area (Å²) in [7, 11) is 0. The summed E-state index contributed by atoms with van der Waals surface area (Å²) < 4.78 is 24.2. The number of carbonyl (C=O) groups is 1. The highest BCUT2D eigenvalue weighted by molar-refractivity contribution is 5.79. The molecule has 1 heterocycles. The molecule has 0 aliphatic carbocycles. The van der Waals surface area contributed by atoms with Gasteiger partial charge in [0.15, 0.2) is 0 Å². The van der Waals surface area contributed by atoms with Gasteiger partial charge < -0.3 is 4.90 Å². The summed E-state index contributed by atoms with van der Waals surface area (Å²) in [5.41, 5.74) is 0. The summed E-state index contributed by atoms with van der Waals surface area (Å²) >= 11 is 0. The van der Waals surface area contributed by atoms with Crippen molar-refractivity contribution in [2.24, 2.45) is 0 Å². The zero-order chi connectivity index (χ0) is 10.7. The minimum atomic E-state index is -2.87. The molecule has 1 rings (SSSR count). The molecule has 0 saturated carbocycles. The number of alkyl halides is 2. The number of amides is 1. The van der Waals surface area contributed by atoms with E-state index >= 15 is 0 Å². The minimum absolute atomic E-state index is 0.177. The Morgan fingerprint density at radius 1 is 1.50 bits per heavy atom. The van der Waals surface area contributed by atoms with Gasteiger partial charge in [-0.25, -0.2) is 0 Å². The van der Waals surface area contributed by atoms with E-state index in [4.69, 9.17) is 0 Å². The summed E-state index contributed by atoms with van der Waals surface area (Å²) in [6, 6.07) is 0.177. The van der Waals surface area contributed by atoms with Gasteiger partial charge in [-0.3, -0.25) is 9.69 Å². The fourth-order valence-corrected chi connectivity index (χ4v) is 1.80. The molecule has 0 aromatic rings. The molecular weight excluding hydrogens is 190 g/mol. The summed E-state index contributed by atoms with van der Waals surface area (Å²) in [6.07, 6.45) is -2.87. The van der Waals surface area contributed by atoms with Gasteiger partial charge in [-0.15, -0.1) is 0 Å². The Morgan fingerprint density at radius 3 is 2.57 bits per heavy atom. The normalized spacial score (nSPS) is 24.4. The first-order valence-corrected chi connectivity index (χ1v) is 4.87. The molecule has 0 bridgehead atoms. The highest BCUT2D eigenvalue weighted by atomic mass is 19.3. The summed E-state index contributed by atoms with van der Waals surface area (Å²) in [6.45, 7) is 6.40. The third-order valence-corrected chi connectivity index (χ3v) is 2.67. The zero-order valence-corrected chi connectivity index (χ0v) is 8.54. The number of rotatable bonds is 2. The standard InChI is InChI=1S/C9H16F2N2O/c1-3-12-4-5-13(6-7(12)2)9(14)8(10)11/h7-8H,3-6H2,1-2H3. The average molecular weight is 206 g/mol. The molecule has 0 aromatic carbocycles. The van der Waals surface area contributed by atoms with E-state index in [0.717, 1.165) is 6.54 Å². The van der Waals surface area contributed by atoms with Gasteiger partial charge in [0.1, 0.15) is 0 Å². The first-order valence-electron chi connectivity index (χ1n) is 4.87. The van der Waals surface area contributed by atoms with Crippen LogP contribution in [0.15, 0.2) is 0 Å². The second-order valence-electron chi connectivity index (χ2n) is 3.56. The quantitative estimate of drug-likeness (QED) is 0.667. The molecule has 1 saturated heterocycles. The third-order valence-electron chi connectivity index (χ3n) is 2.67. The van der Waals surface area contributed by atoms with E-state index in [2.05, 4.69) is 4.90 Å². The number of hydrogen-bond donors (Lipinski definition) is 0. The number of halogens is 2. The number of piperazine rings is 1. The van der Waals surface area contributed by atoms with Crippen LogP contribution in [0.4, 0.5) is 8.78 Å². The van der Waals surface area contributed by atoms with Gasteiger partial charge in [-0.05, 0) is 13.5 Å². The van der Waals surface area contributed by atoms with Crippen molar-refractivity contribution >= 4 is 5.91 Å². The molecule has 14 heavy (non-hydrogen) atoms. The fourth-order valence-electron chi connectivity index (χ4n) is 1.80. The van der Waals surface area contributed by atoms with Crippen molar-refractivity contribution in [1.82, 2.24) is 9.80 Å². The Morgan fingerprint density at radius 2 is 2.14 bits per heavy atom. The molecule has 0 radical (unpaired) electrons. The lowest BCUT2D eigenvalue weighted by Gasteiger charge is -2.39. The molecule has 1 amide bonds. The van der Waals surface area contributed by atoms with Crippen LogP contribution in [0.25, 0.3) is 0 Å². The van der Waals surface area contributed by atoms with Crippen LogP contribution in [-0.2, 0) is 4.79 Å². The minimum Gasteiger partial charge on any atom is -0.335 e. The number of likely N-dealkylation sites (N-methyl/N-ethyl adjacent to an activating group) is 1. The Kier molecular flexibility index (Phi) is 3.80. The van der Waals surface area contributed by atoms with Crippen LogP contribution in [0.3, 0.4) is 0 Å². The van der Waals surface area contributed by atoms with Gasteiger partial charge >= 0.3 is 6.43 Å². The van der Waals surface area contributed by atoms with Crippen LogP contribution in [0.1, 0.15) is 13.8 Å². The second-order valence-corrected chi connectivity index (χ2v) is 3.56. The van der Waals surface area contributed by atoms with Gasteiger partial charge in [0, 0.05) is 25.7 Å². The molecule has 1 atom stereocenters. The predicted octanol–water partition coefficient (Wildman–Crippen LogP) is 0.804. The maximum Gasteiger partial charge on any atom is 0.315 e. The topological polar surface area (TPSA) is 23.6 Å². The van der Waals surface area contributed by atoms with Gasteiger partial charge in [0.05, 0.1) is 0 Å². The van der Waals surface area contributed by atoms with Crippen molar-refractivity contribution in [2.75, 3.05) is 26.2 Å². The van der Waals surface area contributed by atoms with Crippen molar-refractivity contribution in [3.63, 3.8) is 0 Å². The largest absolute Gasteiger partial charge is 0.335 e. The molecular formula is C9H16F2N2O. The van der Waals surface area contributed by atoms with E-state index in [-0.39, 0.29) is 6.04 Å². The highest BCUT2D eigenvalue weighted by Crippen LogP contribution is 2.11. The molecule has 1 aliphatic heterocycles. The van der Waals surface area contributed by atoms with Crippen molar-refractivity contribution in [3.8, 4) is 0 Å². The van der Waals surface area contributed by atoms with Crippen molar-refractivity contribution in [1.29, 1.82) is 0 Å². The maximum atomic E-state index is 12.1. The first-order chi connectivity index (χ1) is 6.56. The van der Waals surface area contributed by atoms with Crippen LogP contribution < -0.4 is 0 Å². The second kappa shape index (κ2) is 4.68. The van der Waals surface area contributed by atoms with Crippen LogP contribution in [0, 0.1) is 0 Å². The third kappa shape index (κ3) is 2.41. The maximum absolute atomic E-state index is 12.1. The molecule has 1 fully saturated rings. The Labute approximate surface area is 82.7 Å². The molecule has 82 valence electrons. The lowest BCUT2D eigenvalue weighted by molar-refractivity contribution is -0.145.